The molecule has 2 aliphatic rings. The van der Waals surface area contributed by atoms with Crippen molar-refractivity contribution in [3.63, 3.8) is 0 Å². The van der Waals surface area contributed by atoms with Gasteiger partial charge in [-0.15, -0.1) is 0 Å². The first-order valence-electron chi connectivity index (χ1n) is 11.0. The van der Waals surface area contributed by atoms with Crippen molar-refractivity contribution in [3.05, 3.63) is 42.2 Å². The number of amides is 1. The highest BCUT2D eigenvalue weighted by Gasteiger charge is 2.28. The SMILES string of the molecule is COc1ccc(C(=O)NC2CC2)c(OC2CCN([C@H](C)CCn3cccn3)CC2)c1. The molecular weight excluding hydrogens is 380 g/mol. The van der Waals surface area contributed by atoms with E-state index in [1.54, 1.807) is 13.2 Å². The second-order valence-corrected chi connectivity index (χ2v) is 8.37. The van der Waals surface area contributed by atoms with Gasteiger partial charge in [-0.25, -0.2) is 0 Å². The minimum Gasteiger partial charge on any atom is -0.497 e. The Bertz CT molecular complexity index is 827. The van der Waals surface area contributed by atoms with Gasteiger partial charge in [0, 0.05) is 50.2 Å². The van der Waals surface area contributed by atoms with Gasteiger partial charge in [-0.1, -0.05) is 0 Å². The molecule has 7 nitrogen and oxygen atoms in total. The predicted octanol–water partition coefficient (Wildman–Crippen LogP) is 3.11. The first-order valence-corrected chi connectivity index (χ1v) is 11.0. The van der Waals surface area contributed by atoms with Crippen LogP contribution < -0.4 is 14.8 Å². The molecule has 0 unspecified atom stereocenters. The van der Waals surface area contributed by atoms with E-state index in [4.69, 9.17) is 9.47 Å². The lowest BCUT2D eigenvalue weighted by Crippen LogP contribution is -2.43. The summed E-state index contributed by atoms with van der Waals surface area (Å²) in [5.74, 6) is 1.27. The van der Waals surface area contributed by atoms with Crippen molar-refractivity contribution in [1.82, 2.24) is 20.0 Å². The van der Waals surface area contributed by atoms with Crippen molar-refractivity contribution in [2.75, 3.05) is 20.2 Å². The average Bonchev–Trinajstić information content (AvgIpc) is 3.42. The van der Waals surface area contributed by atoms with E-state index in [2.05, 4.69) is 22.2 Å². The Morgan fingerprint density at radius 2 is 2.07 bits per heavy atom. The molecule has 0 spiro atoms. The molecule has 1 N–H and O–H groups in total. The molecule has 7 heteroatoms. The fraction of sp³-hybridized carbons (Fsp3) is 0.565. The maximum Gasteiger partial charge on any atom is 0.255 e. The lowest BCUT2D eigenvalue weighted by Gasteiger charge is -2.36. The molecular formula is C23H32N4O3. The molecule has 162 valence electrons. The van der Waals surface area contributed by atoms with Crippen LogP contribution in [-0.2, 0) is 6.54 Å². The summed E-state index contributed by atoms with van der Waals surface area (Å²) >= 11 is 0. The number of likely N-dealkylation sites (tertiary alicyclic amines) is 1. The second kappa shape index (κ2) is 9.51. The highest BCUT2D eigenvalue weighted by molar-refractivity contribution is 5.97. The summed E-state index contributed by atoms with van der Waals surface area (Å²) in [4.78, 5) is 15.1. The van der Waals surface area contributed by atoms with E-state index < -0.39 is 0 Å². The van der Waals surface area contributed by atoms with E-state index >= 15 is 0 Å². The zero-order valence-electron chi connectivity index (χ0n) is 17.9. The Morgan fingerprint density at radius 1 is 1.27 bits per heavy atom. The average molecular weight is 413 g/mol. The van der Waals surface area contributed by atoms with Crippen molar-refractivity contribution >= 4 is 5.91 Å². The van der Waals surface area contributed by atoms with Gasteiger partial charge in [0.25, 0.3) is 5.91 Å². The molecule has 2 heterocycles. The molecule has 2 fully saturated rings. The molecule has 1 atom stereocenters. The number of piperidine rings is 1. The van der Waals surface area contributed by atoms with Gasteiger partial charge < -0.3 is 19.7 Å². The number of carbonyl (C=O) groups excluding carboxylic acids is 1. The molecule has 1 aromatic carbocycles. The summed E-state index contributed by atoms with van der Waals surface area (Å²) in [6.07, 6.45) is 9.06. The zero-order chi connectivity index (χ0) is 20.9. The third kappa shape index (κ3) is 5.33. The number of methoxy groups -OCH3 is 1. The number of nitrogens with one attached hydrogen (secondary N) is 1. The van der Waals surface area contributed by atoms with Crippen LogP contribution in [0.3, 0.4) is 0 Å². The number of nitrogens with zero attached hydrogens (tertiary/aromatic N) is 3. The summed E-state index contributed by atoms with van der Waals surface area (Å²) in [6, 6.07) is 8.24. The van der Waals surface area contributed by atoms with Gasteiger partial charge in [0.15, 0.2) is 0 Å². The Hall–Kier alpha value is -2.54. The van der Waals surface area contributed by atoms with Crippen LogP contribution in [0, 0.1) is 0 Å². The monoisotopic (exact) mass is 412 g/mol. The normalized spacial score (nSPS) is 18.7. The second-order valence-electron chi connectivity index (χ2n) is 8.37. The molecule has 0 bridgehead atoms. The number of ether oxygens (including phenoxy) is 2. The number of hydrogen-bond donors (Lipinski definition) is 1. The van der Waals surface area contributed by atoms with Gasteiger partial charge in [0.1, 0.15) is 17.6 Å². The topological polar surface area (TPSA) is 68.6 Å². The number of aryl methyl sites for hydroxylation is 1. The van der Waals surface area contributed by atoms with E-state index in [1.165, 1.54) is 0 Å². The third-order valence-corrected chi connectivity index (χ3v) is 6.07. The molecule has 1 aliphatic carbocycles. The molecule has 1 saturated heterocycles. The van der Waals surface area contributed by atoms with Crippen LogP contribution >= 0.6 is 0 Å². The molecule has 0 radical (unpaired) electrons. The van der Waals surface area contributed by atoms with Crippen molar-refractivity contribution in [2.24, 2.45) is 0 Å². The molecule has 1 aromatic heterocycles. The van der Waals surface area contributed by atoms with Gasteiger partial charge in [-0.3, -0.25) is 9.48 Å². The van der Waals surface area contributed by atoms with Crippen LogP contribution in [0.5, 0.6) is 11.5 Å². The van der Waals surface area contributed by atoms with Crippen LogP contribution in [0.15, 0.2) is 36.7 Å². The Kier molecular flexibility index (Phi) is 6.57. The predicted molar refractivity (Wildman–Crippen MR) is 115 cm³/mol. The smallest absolute Gasteiger partial charge is 0.255 e. The van der Waals surface area contributed by atoms with Gasteiger partial charge in [0.2, 0.25) is 0 Å². The Balaban J connectivity index is 1.32. The van der Waals surface area contributed by atoms with E-state index in [9.17, 15) is 4.79 Å². The van der Waals surface area contributed by atoms with Gasteiger partial charge in [0.05, 0.1) is 12.7 Å². The van der Waals surface area contributed by atoms with Crippen LogP contribution in [0.4, 0.5) is 0 Å². The summed E-state index contributed by atoms with van der Waals surface area (Å²) < 4.78 is 13.7. The van der Waals surface area contributed by atoms with Crippen molar-refractivity contribution in [1.29, 1.82) is 0 Å². The number of rotatable bonds is 9. The van der Waals surface area contributed by atoms with Crippen LogP contribution in [0.2, 0.25) is 0 Å². The van der Waals surface area contributed by atoms with Crippen molar-refractivity contribution in [3.8, 4) is 11.5 Å². The molecule has 1 amide bonds. The minimum absolute atomic E-state index is 0.0557. The highest BCUT2D eigenvalue weighted by atomic mass is 16.5. The summed E-state index contributed by atoms with van der Waals surface area (Å²) in [7, 11) is 1.63. The first-order chi connectivity index (χ1) is 14.6. The van der Waals surface area contributed by atoms with E-state index in [-0.39, 0.29) is 12.0 Å². The molecule has 1 saturated carbocycles. The fourth-order valence-electron chi connectivity index (χ4n) is 3.95. The standard InChI is InChI=1S/C23H32N4O3/c1-17(8-15-27-12-3-11-24-27)26-13-9-19(10-14-26)30-22-16-20(29-2)6-7-21(22)23(28)25-18-4-5-18/h3,6-7,11-12,16-19H,4-5,8-10,13-15H2,1-2H3,(H,25,28)/t17-/m1/s1. The van der Waals surface area contributed by atoms with E-state index in [1.807, 2.05) is 35.3 Å². The molecule has 2 aromatic rings. The lowest BCUT2D eigenvalue weighted by atomic mass is 10.0. The van der Waals surface area contributed by atoms with E-state index in [0.29, 0.717) is 29.1 Å². The summed E-state index contributed by atoms with van der Waals surface area (Å²) in [6.45, 7) is 5.22. The maximum atomic E-state index is 12.6. The highest BCUT2D eigenvalue weighted by Crippen LogP contribution is 2.29. The van der Waals surface area contributed by atoms with Crippen LogP contribution in [0.1, 0.15) is 49.4 Å². The zero-order valence-corrected chi connectivity index (χ0v) is 17.9. The quantitative estimate of drug-likeness (QED) is 0.685. The van der Waals surface area contributed by atoms with Gasteiger partial charge >= 0.3 is 0 Å². The summed E-state index contributed by atoms with van der Waals surface area (Å²) in [5, 5.41) is 7.34. The Morgan fingerprint density at radius 3 is 2.73 bits per heavy atom. The molecule has 30 heavy (non-hydrogen) atoms. The van der Waals surface area contributed by atoms with E-state index in [0.717, 1.165) is 51.7 Å². The maximum absolute atomic E-state index is 12.6. The van der Waals surface area contributed by atoms with Gasteiger partial charge in [-0.05, 0) is 57.2 Å². The molecule has 4 rings (SSSR count). The van der Waals surface area contributed by atoms with Crippen molar-refractivity contribution in [2.45, 2.75) is 63.8 Å². The fourth-order valence-corrected chi connectivity index (χ4v) is 3.95. The third-order valence-electron chi connectivity index (χ3n) is 6.07. The number of benzene rings is 1. The number of carbonyl (C=O) groups is 1. The minimum atomic E-state index is -0.0557. The largest absolute Gasteiger partial charge is 0.497 e. The lowest BCUT2D eigenvalue weighted by molar-refractivity contribution is 0.0741. The molecule has 1 aliphatic heterocycles. The number of hydrogen-bond acceptors (Lipinski definition) is 5. The van der Waals surface area contributed by atoms with Crippen LogP contribution in [0.25, 0.3) is 0 Å². The summed E-state index contributed by atoms with van der Waals surface area (Å²) in [5.41, 5.74) is 0.595. The van der Waals surface area contributed by atoms with Crippen LogP contribution in [-0.4, -0.2) is 59.0 Å². The Labute approximate surface area is 178 Å². The first kappa shape index (κ1) is 20.7. The number of aromatic nitrogens is 2. The van der Waals surface area contributed by atoms with Gasteiger partial charge in [-0.2, -0.15) is 5.10 Å². The van der Waals surface area contributed by atoms with Crippen molar-refractivity contribution < 1.29 is 14.3 Å².